The molecule has 3 heteroatoms. The molecule has 1 aromatic heterocycles. The summed E-state index contributed by atoms with van der Waals surface area (Å²) in [5, 5.41) is 1.29. The topological polar surface area (TPSA) is 22.3 Å². The molecule has 0 aliphatic carbocycles. The van der Waals surface area contributed by atoms with Crippen LogP contribution < -0.4 is 4.57 Å². The van der Waals surface area contributed by atoms with Gasteiger partial charge >= 0.3 is 0 Å². The maximum absolute atomic E-state index is 6.93. The number of rotatable bonds is 8. The number of nitrogens with zero attached hydrogens (tertiary/aromatic N) is 1. The number of aryl methyl sites for hydroxylation is 2. The molecule has 0 spiro atoms. The first kappa shape index (κ1) is 28.9. The molecule has 3 nitrogen and oxygen atoms in total. The third-order valence-corrected chi connectivity index (χ3v) is 9.31. The van der Waals surface area contributed by atoms with Crippen LogP contribution in [0.4, 0.5) is 0 Å². The molecule has 3 heterocycles. The van der Waals surface area contributed by atoms with Gasteiger partial charge in [0.05, 0.1) is 22.8 Å². The second-order valence-corrected chi connectivity index (χ2v) is 13.5. The average Bonchev–Trinajstić information content (AvgIpc) is 2.87. The number of aromatic nitrogens is 1. The minimum atomic E-state index is -0.319. The van der Waals surface area contributed by atoms with Gasteiger partial charge in [-0.2, -0.15) is 4.57 Å². The smallest absolute Gasteiger partial charge is 0.213 e. The van der Waals surface area contributed by atoms with Crippen molar-refractivity contribution in [2.45, 2.75) is 118 Å². The number of benzene rings is 2. The number of fused-ring (bicyclic) bond motifs is 5. The highest BCUT2D eigenvalue weighted by atomic mass is 16.7. The molecule has 2 aromatic carbocycles. The van der Waals surface area contributed by atoms with Gasteiger partial charge in [0, 0.05) is 43.2 Å². The Bertz CT molecular complexity index is 1410. The van der Waals surface area contributed by atoms with Crippen molar-refractivity contribution in [3.8, 4) is 11.3 Å². The molecule has 214 valence electrons. The molecule has 2 aliphatic rings. The highest BCUT2D eigenvalue weighted by molar-refractivity contribution is 5.79. The lowest BCUT2D eigenvalue weighted by molar-refractivity contribution is -0.740. The zero-order chi connectivity index (χ0) is 28.8. The molecule has 40 heavy (non-hydrogen) atoms. The van der Waals surface area contributed by atoms with Crippen molar-refractivity contribution >= 4 is 10.9 Å². The van der Waals surface area contributed by atoms with Crippen LogP contribution in [0.1, 0.15) is 103 Å². The van der Waals surface area contributed by atoms with E-state index in [0.29, 0.717) is 11.8 Å². The lowest BCUT2D eigenvalue weighted by Crippen LogP contribution is -2.63. The summed E-state index contributed by atoms with van der Waals surface area (Å²) >= 11 is 0. The van der Waals surface area contributed by atoms with Crippen LogP contribution >= 0.6 is 0 Å². The van der Waals surface area contributed by atoms with Crippen LogP contribution in [0.3, 0.4) is 0 Å². The van der Waals surface area contributed by atoms with Gasteiger partial charge in [-0.25, -0.2) is 0 Å². The van der Waals surface area contributed by atoms with Crippen molar-refractivity contribution in [2.75, 3.05) is 0 Å². The summed E-state index contributed by atoms with van der Waals surface area (Å²) < 4.78 is 16.4. The predicted octanol–water partition coefficient (Wildman–Crippen LogP) is 9.52. The van der Waals surface area contributed by atoms with E-state index in [1.807, 2.05) is 0 Å². The first-order valence-electron chi connectivity index (χ1n) is 15.6. The van der Waals surface area contributed by atoms with Gasteiger partial charge in [-0.1, -0.05) is 65.3 Å². The van der Waals surface area contributed by atoms with E-state index in [-0.39, 0.29) is 23.3 Å². The molecule has 2 aliphatic heterocycles. The second kappa shape index (κ2) is 11.0. The number of pyridine rings is 1. The Kier molecular flexibility index (Phi) is 7.92. The van der Waals surface area contributed by atoms with Gasteiger partial charge in [0.2, 0.25) is 17.5 Å². The monoisotopic (exact) mass is 540 g/mol. The summed E-state index contributed by atoms with van der Waals surface area (Å²) in [7, 11) is 0. The average molecular weight is 541 g/mol. The number of ether oxygens (including phenoxy) is 2. The molecular formula is C37H50NO2+. The normalized spacial score (nSPS) is 23.6. The molecule has 0 radical (unpaired) electrons. The third-order valence-electron chi connectivity index (χ3n) is 9.31. The molecule has 3 aromatic rings. The van der Waals surface area contributed by atoms with Crippen molar-refractivity contribution < 1.29 is 14.0 Å². The minimum Gasteiger partial charge on any atom is -0.469 e. The Morgan fingerprint density at radius 1 is 0.925 bits per heavy atom. The summed E-state index contributed by atoms with van der Waals surface area (Å²) in [6.07, 6.45) is 6.84. The molecule has 3 atom stereocenters. The van der Waals surface area contributed by atoms with Crippen LogP contribution in [0.25, 0.3) is 22.2 Å². The quantitative estimate of drug-likeness (QED) is 0.265. The SMILES string of the molecule is CCC1(CC)C(CC2OC(CC(C)C)=CC(C)(CC(C)C)O2)c2c(C)cc(C)cc2-c2ccc3ccccc3[n+]21. The van der Waals surface area contributed by atoms with Crippen molar-refractivity contribution in [3.63, 3.8) is 0 Å². The number of hydrogen-bond donors (Lipinski definition) is 0. The summed E-state index contributed by atoms with van der Waals surface area (Å²) in [4.78, 5) is 0. The number of allylic oxidation sites excluding steroid dienone is 1. The maximum Gasteiger partial charge on any atom is 0.213 e. The number of hydrogen-bond acceptors (Lipinski definition) is 2. The second-order valence-electron chi connectivity index (χ2n) is 13.5. The molecule has 0 saturated heterocycles. The Hall–Kier alpha value is -2.65. The lowest BCUT2D eigenvalue weighted by atomic mass is 9.67. The van der Waals surface area contributed by atoms with Gasteiger partial charge in [0.1, 0.15) is 0 Å². The van der Waals surface area contributed by atoms with Crippen molar-refractivity contribution in [3.05, 3.63) is 77.1 Å². The zero-order valence-electron chi connectivity index (χ0n) is 26.3. The fraction of sp³-hybridized carbons (Fsp3) is 0.541. The first-order valence-corrected chi connectivity index (χ1v) is 15.6. The number of para-hydroxylation sites is 1. The summed E-state index contributed by atoms with van der Waals surface area (Å²) in [5.74, 6) is 2.43. The molecule has 0 amide bonds. The highest BCUT2D eigenvalue weighted by Gasteiger charge is 2.54. The summed E-state index contributed by atoms with van der Waals surface area (Å²) in [6.45, 7) is 20.7. The standard InChI is InChI=1S/C37H50NO2/c1-10-37(11-2)31(21-34-39-29(18-24(3)4)23-36(9,40-34)22-25(5)6)35-27(8)19-26(7)20-30(35)33-17-16-28-14-12-13-15-32(28)38(33)37/h12-17,19-20,23-25,31,34H,10-11,18,21-22H2,1-9H3/q+1. The summed E-state index contributed by atoms with van der Waals surface area (Å²) in [6, 6.07) is 18.3. The predicted molar refractivity (Wildman–Crippen MR) is 166 cm³/mol. The van der Waals surface area contributed by atoms with Crippen LogP contribution in [0, 0.1) is 25.7 Å². The van der Waals surface area contributed by atoms with Crippen LogP contribution in [-0.4, -0.2) is 11.9 Å². The molecule has 3 unspecified atom stereocenters. The minimum absolute atomic E-state index is 0.0935. The zero-order valence-corrected chi connectivity index (χ0v) is 26.3. The van der Waals surface area contributed by atoms with Crippen molar-refractivity contribution in [1.29, 1.82) is 0 Å². The molecule has 0 saturated carbocycles. The van der Waals surface area contributed by atoms with Gasteiger partial charge < -0.3 is 9.47 Å². The molecular weight excluding hydrogens is 490 g/mol. The molecule has 0 fully saturated rings. The van der Waals surface area contributed by atoms with E-state index in [2.05, 4.69) is 121 Å². The Morgan fingerprint density at radius 2 is 1.65 bits per heavy atom. The van der Waals surface area contributed by atoms with E-state index in [4.69, 9.17) is 9.47 Å². The largest absolute Gasteiger partial charge is 0.469 e. The van der Waals surface area contributed by atoms with Gasteiger partial charge in [0.25, 0.3) is 0 Å². The van der Waals surface area contributed by atoms with E-state index in [1.54, 1.807) is 0 Å². The van der Waals surface area contributed by atoms with Crippen LogP contribution in [0.2, 0.25) is 0 Å². The first-order chi connectivity index (χ1) is 19.0. The summed E-state index contributed by atoms with van der Waals surface area (Å²) in [5.41, 5.74) is 7.76. The van der Waals surface area contributed by atoms with Gasteiger partial charge in [-0.3, -0.25) is 0 Å². The molecule has 5 rings (SSSR count). The van der Waals surface area contributed by atoms with E-state index in [9.17, 15) is 0 Å². The highest BCUT2D eigenvalue weighted by Crippen LogP contribution is 2.51. The van der Waals surface area contributed by atoms with E-state index in [1.165, 1.54) is 38.9 Å². The fourth-order valence-electron chi connectivity index (χ4n) is 7.99. The van der Waals surface area contributed by atoms with Crippen LogP contribution in [0.5, 0.6) is 0 Å². The molecule has 0 bridgehead atoms. The Morgan fingerprint density at radius 3 is 2.33 bits per heavy atom. The van der Waals surface area contributed by atoms with Gasteiger partial charge in [-0.15, -0.1) is 0 Å². The van der Waals surface area contributed by atoms with Crippen LogP contribution in [0.15, 0.2) is 60.4 Å². The Labute approximate surface area is 242 Å². The van der Waals surface area contributed by atoms with Gasteiger partial charge in [-0.05, 0) is 74.4 Å². The fourth-order valence-corrected chi connectivity index (χ4v) is 7.99. The Balaban J connectivity index is 1.69. The van der Waals surface area contributed by atoms with E-state index >= 15 is 0 Å². The lowest BCUT2D eigenvalue weighted by Gasteiger charge is -2.45. The maximum atomic E-state index is 6.93. The van der Waals surface area contributed by atoms with Crippen molar-refractivity contribution in [2.24, 2.45) is 11.8 Å². The van der Waals surface area contributed by atoms with Crippen LogP contribution in [-0.2, 0) is 15.0 Å². The third kappa shape index (κ3) is 5.11. The van der Waals surface area contributed by atoms with E-state index in [0.717, 1.165) is 37.9 Å². The molecule has 0 N–H and O–H groups in total. The van der Waals surface area contributed by atoms with Crippen molar-refractivity contribution in [1.82, 2.24) is 0 Å². The van der Waals surface area contributed by atoms with Gasteiger partial charge in [0.15, 0.2) is 5.54 Å². The van der Waals surface area contributed by atoms with E-state index < -0.39 is 0 Å².